The predicted molar refractivity (Wildman–Crippen MR) is 98.8 cm³/mol. The van der Waals surface area contributed by atoms with E-state index in [1.807, 2.05) is 0 Å². The molecule has 0 unspecified atom stereocenters. The van der Waals surface area contributed by atoms with Crippen LogP contribution in [0, 0.1) is 0 Å². The van der Waals surface area contributed by atoms with Crippen LogP contribution in [0.2, 0.25) is 0 Å². The van der Waals surface area contributed by atoms with E-state index in [-0.39, 0.29) is 18.3 Å². The molecule has 1 amide bonds. The second-order valence-corrected chi connectivity index (χ2v) is 7.61. The molecule has 0 spiro atoms. The Bertz CT molecular complexity index is 692. The van der Waals surface area contributed by atoms with E-state index in [9.17, 15) is 18.0 Å². The van der Waals surface area contributed by atoms with Crippen LogP contribution in [0.25, 0.3) is 6.08 Å². The van der Waals surface area contributed by atoms with E-state index in [2.05, 4.69) is 11.3 Å². The highest BCUT2D eigenvalue weighted by Gasteiger charge is 2.32. The first-order chi connectivity index (χ1) is 13.0. The smallest absolute Gasteiger partial charge is 0.444 e. The highest BCUT2D eigenvalue weighted by atomic mass is 19.4. The highest BCUT2D eigenvalue weighted by molar-refractivity contribution is 5.69. The number of nitrogens with zero attached hydrogens (tertiary/aromatic N) is 1. The first-order valence-corrected chi connectivity index (χ1v) is 9.06. The summed E-state index contributed by atoms with van der Waals surface area (Å²) in [6.45, 7) is 10.0. The number of halogens is 3. The van der Waals surface area contributed by atoms with Crippen LogP contribution in [0.4, 0.5) is 18.0 Å². The van der Waals surface area contributed by atoms with Gasteiger partial charge < -0.3 is 19.1 Å². The molecule has 0 aromatic heterocycles. The van der Waals surface area contributed by atoms with Gasteiger partial charge in [0.2, 0.25) is 0 Å². The van der Waals surface area contributed by atoms with Gasteiger partial charge in [-0.2, -0.15) is 0 Å². The maximum absolute atomic E-state index is 12.8. The minimum absolute atomic E-state index is 0.0927. The van der Waals surface area contributed by atoms with Crippen molar-refractivity contribution >= 4 is 12.2 Å². The lowest BCUT2D eigenvalue weighted by Crippen LogP contribution is -2.45. The lowest BCUT2D eigenvalue weighted by molar-refractivity contribution is -0.274. The number of hydrogen-bond donors (Lipinski definition) is 0. The number of alkyl halides is 3. The molecule has 0 radical (unpaired) electrons. The molecule has 1 aromatic rings. The van der Waals surface area contributed by atoms with Gasteiger partial charge in [0.25, 0.3) is 0 Å². The first-order valence-electron chi connectivity index (χ1n) is 9.06. The zero-order chi connectivity index (χ0) is 20.9. The summed E-state index contributed by atoms with van der Waals surface area (Å²) in [5.74, 6) is -0.351. The van der Waals surface area contributed by atoms with Gasteiger partial charge in [-0.25, -0.2) is 4.79 Å². The number of amides is 1. The maximum Gasteiger partial charge on any atom is 0.573 e. The summed E-state index contributed by atoms with van der Waals surface area (Å²) in [7, 11) is 0. The van der Waals surface area contributed by atoms with Gasteiger partial charge in [-0.15, -0.1) is 13.2 Å². The summed E-state index contributed by atoms with van der Waals surface area (Å²) in [6.07, 6.45) is -2.62. The standard InChI is InChI=1S/C20H26F3NO4/c1-5-14-10-15(12-17(11-14)27-20(21,22)23)13-24(16-6-8-26-9-7-16)18(25)28-19(2,3)4/h5,10-12,16H,1,6-9,13H2,2-4H3. The van der Waals surface area contributed by atoms with Crippen LogP contribution in [0.1, 0.15) is 44.7 Å². The molecule has 0 aliphatic carbocycles. The van der Waals surface area contributed by atoms with E-state index in [1.165, 1.54) is 18.2 Å². The summed E-state index contributed by atoms with van der Waals surface area (Å²) >= 11 is 0. The molecule has 2 rings (SSSR count). The topological polar surface area (TPSA) is 48.0 Å². The molecule has 1 fully saturated rings. The third-order valence-electron chi connectivity index (χ3n) is 4.07. The number of benzene rings is 1. The second kappa shape index (κ2) is 8.86. The normalized spacial score (nSPS) is 15.8. The van der Waals surface area contributed by atoms with Crippen LogP contribution in [0.5, 0.6) is 5.75 Å². The van der Waals surface area contributed by atoms with Gasteiger partial charge in [-0.1, -0.05) is 12.7 Å². The summed E-state index contributed by atoms with van der Waals surface area (Å²) in [4.78, 5) is 14.3. The molecule has 1 saturated heterocycles. The average Bonchev–Trinajstić information content (AvgIpc) is 2.57. The van der Waals surface area contributed by atoms with Gasteiger partial charge in [0.15, 0.2) is 0 Å². The van der Waals surface area contributed by atoms with Crippen molar-refractivity contribution in [3.63, 3.8) is 0 Å². The zero-order valence-corrected chi connectivity index (χ0v) is 16.3. The van der Waals surface area contributed by atoms with Gasteiger partial charge >= 0.3 is 12.5 Å². The Hall–Kier alpha value is -2.22. The maximum atomic E-state index is 12.8. The van der Waals surface area contributed by atoms with Crippen molar-refractivity contribution in [2.24, 2.45) is 0 Å². The van der Waals surface area contributed by atoms with Gasteiger partial charge in [0.05, 0.1) is 0 Å². The van der Waals surface area contributed by atoms with Gasteiger partial charge in [0.1, 0.15) is 11.4 Å². The zero-order valence-electron chi connectivity index (χ0n) is 16.3. The number of rotatable bonds is 5. The molecule has 28 heavy (non-hydrogen) atoms. The monoisotopic (exact) mass is 401 g/mol. The van der Waals surface area contributed by atoms with Crippen molar-refractivity contribution in [2.45, 2.75) is 58.2 Å². The molecule has 0 atom stereocenters. The molecule has 5 nitrogen and oxygen atoms in total. The van der Waals surface area contributed by atoms with Crippen LogP contribution in [0.3, 0.4) is 0 Å². The number of carbonyl (C=O) groups excluding carboxylic acids is 1. The molecular formula is C20H26F3NO4. The van der Waals surface area contributed by atoms with E-state index in [4.69, 9.17) is 9.47 Å². The van der Waals surface area contributed by atoms with Crippen molar-refractivity contribution in [2.75, 3.05) is 13.2 Å². The fraction of sp³-hybridized carbons (Fsp3) is 0.550. The van der Waals surface area contributed by atoms with E-state index in [1.54, 1.807) is 31.7 Å². The molecule has 0 saturated carbocycles. The molecule has 1 aliphatic rings. The Morgan fingerprint density at radius 2 is 1.89 bits per heavy atom. The fourth-order valence-electron chi connectivity index (χ4n) is 2.94. The van der Waals surface area contributed by atoms with E-state index in [0.29, 0.717) is 37.2 Å². The Morgan fingerprint density at radius 1 is 1.25 bits per heavy atom. The molecule has 8 heteroatoms. The van der Waals surface area contributed by atoms with Gasteiger partial charge in [0, 0.05) is 25.8 Å². The molecular weight excluding hydrogens is 375 g/mol. The van der Waals surface area contributed by atoms with Crippen molar-refractivity contribution in [3.05, 3.63) is 35.9 Å². The highest BCUT2D eigenvalue weighted by Crippen LogP contribution is 2.28. The van der Waals surface area contributed by atoms with E-state index < -0.39 is 18.1 Å². The van der Waals surface area contributed by atoms with Crippen LogP contribution in [-0.4, -0.2) is 42.2 Å². The lowest BCUT2D eigenvalue weighted by Gasteiger charge is -2.35. The molecule has 156 valence electrons. The van der Waals surface area contributed by atoms with Crippen LogP contribution in [0.15, 0.2) is 24.8 Å². The van der Waals surface area contributed by atoms with Crippen molar-refractivity contribution in [1.82, 2.24) is 4.90 Å². The van der Waals surface area contributed by atoms with Gasteiger partial charge in [-0.3, -0.25) is 0 Å². The molecule has 1 heterocycles. The number of hydrogen-bond acceptors (Lipinski definition) is 4. The molecule has 0 N–H and O–H groups in total. The summed E-state index contributed by atoms with van der Waals surface area (Å²) in [5, 5.41) is 0. The van der Waals surface area contributed by atoms with Crippen molar-refractivity contribution < 1.29 is 32.2 Å². The fourth-order valence-corrected chi connectivity index (χ4v) is 2.94. The molecule has 0 bridgehead atoms. The molecule has 1 aliphatic heterocycles. The predicted octanol–water partition coefficient (Wildman–Crippen LogP) is 5.14. The lowest BCUT2D eigenvalue weighted by atomic mass is 10.0. The average molecular weight is 401 g/mol. The minimum Gasteiger partial charge on any atom is -0.444 e. The van der Waals surface area contributed by atoms with Crippen molar-refractivity contribution in [3.8, 4) is 5.75 Å². The Morgan fingerprint density at radius 3 is 2.43 bits per heavy atom. The number of ether oxygens (including phenoxy) is 3. The molecule has 1 aromatic carbocycles. The van der Waals surface area contributed by atoms with Gasteiger partial charge in [-0.05, 0) is 62.9 Å². The van der Waals surface area contributed by atoms with E-state index >= 15 is 0 Å². The Kier molecular flexibility index (Phi) is 6.98. The van der Waals surface area contributed by atoms with Crippen molar-refractivity contribution in [1.29, 1.82) is 0 Å². The largest absolute Gasteiger partial charge is 0.573 e. The third kappa shape index (κ3) is 7.07. The first kappa shape index (κ1) is 22.1. The van der Waals surface area contributed by atoms with Crippen LogP contribution >= 0.6 is 0 Å². The Labute approximate surface area is 163 Å². The van der Waals surface area contributed by atoms with E-state index in [0.717, 1.165) is 0 Å². The Balaban J connectivity index is 2.30. The SMILES string of the molecule is C=Cc1cc(CN(C(=O)OC(C)(C)C)C2CCOCC2)cc(OC(F)(F)F)c1. The third-order valence-corrected chi connectivity index (χ3v) is 4.07. The number of carbonyl (C=O) groups is 1. The summed E-state index contributed by atoms with van der Waals surface area (Å²) in [5.41, 5.74) is 0.274. The van der Waals surface area contributed by atoms with Crippen LogP contribution in [-0.2, 0) is 16.0 Å². The second-order valence-electron chi connectivity index (χ2n) is 7.61. The minimum atomic E-state index is -4.80. The van der Waals surface area contributed by atoms with Crippen LogP contribution < -0.4 is 4.74 Å². The summed E-state index contributed by atoms with van der Waals surface area (Å²) < 4.78 is 52.8. The summed E-state index contributed by atoms with van der Waals surface area (Å²) in [6, 6.07) is 4.07. The quantitative estimate of drug-likeness (QED) is 0.685.